The molecule has 0 aromatic carbocycles. The molecule has 4 nitrogen and oxygen atoms in total. The van der Waals surface area contributed by atoms with Crippen LogP contribution in [0.2, 0.25) is 0 Å². The van der Waals surface area contributed by atoms with Gasteiger partial charge in [0.05, 0.1) is 18.8 Å². The van der Waals surface area contributed by atoms with Crippen LogP contribution in [0.1, 0.15) is 328 Å². The van der Waals surface area contributed by atoms with E-state index in [1.165, 1.54) is 244 Å². The Morgan fingerprint density at radius 3 is 0.904 bits per heavy atom. The summed E-state index contributed by atoms with van der Waals surface area (Å²) in [6.07, 6.45) is 93.5. The molecule has 424 valence electrons. The van der Waals surface area contributed by atoms with E-state index in [1.807, 2.05) is 6.08 Å². The van der Waals surface area contributed by atoms with Gasteiger partial charge in [-0.05, 0) is 70.6 Å². The quantitative estimate of drug-likeness (QED) is 0.0420. The van der Waals surface area contributed by atoms with Crippen molar-refractivity contribution in [3.63, 3.8) is 0 Å². The van der Waals surface area contributed by atoms with E-state index in [-0.39, 0.29) is 12.5 Å². The molecule has 1 amide bonds. The van der Waals surface area contributed by atoms with Crippen LogP contribution in [0.3, 0.4) is 0 Å². The second-order valence-corrected chi connectivity index (χ2v) is 21.8. The van der Waals surface area contributed by atoms with E-state index in [1.54, 1.807) is 6.08 Å². The average Bonchev–Trinajstić information content (AvgIpc) is 3.40. The van der Waals surface area contributed by atoms with Crippen molar-refractivity contribution in [3.8, 4) is 0 Å². The maximum atomic E-state index is 12.5. The number of aliphatic hydroxyl groups is 2. The largest absolute Gasteiger partial charge is 0.394 e. The van der Waals surface area contributed by atoms with Gasteiger partial charge in [-0.1, -0.05) is 336 Å². The van der Waals surface area contributed by atoms with Gasteiger partial charge in [-0.3, -0.25) is 4.79 Å². The molecule has 0 aromatic heterocycles. The van der Waals surface area contributed by atoms with E-state index in [9.17, 15) is 15.0 Å². The molecule has 0 aliphatic heterocycles. The van der Waals surface area contributed by atoms with Crippen molar-refractivity contribution >= 4 is 5.91 Å². The molecule has 0 fully saturated rings. The molecule has 0 radical (unpaired) electrons. The summed E-state index contributed by atoms with van der Waals surface area (Å²) in [5.41, 5.74) is 0. The lowest BCUT2D eigenvalue weighted by Crippen LogP contribution is -2.45. The van der Waals surface area contributed by atoms with Crippen molar-refractivity contribution in [1.82, 2.24) is 5.32 Å². The topological polar surface area (TPSA) is 69.6 Å². The van der Waals surface area contributed by atoms with Crippen LogP contribution in [0.25, 0.3) is 0 Å². The Labute approximate surface area is 456 Å². The average molecular weight is 1020 g/mol. The Kier molecular flexibility index (Phi) is 61.7. The standard InChI is InChI=1S/C69H125NO3/c1-3-5-7-9-11-13-15-17-19-21-23-25-27-29-31-33-35-37-39-41-43-45-47-49-51-53-55-57-59-61-63-65-69(73)70-67(66-71)68(72)64-62-60-58-56-54-52-50-48-46-44-42-40-38-36-34-32-30-28-26-24-22-20-18-16-14-12-10-8-6-4-2/h5,7,11,13,17,19,23,25,29,31,35,37,62,64,67-68,71-72H,3-4,6,8-10,12,14-16,18,20-22,24,26-28,30,32-34,36,38-61,63,65-66H2,1-2H3,(H,70,73)/b7-5-,13-11-,19-17-,25-23-,31-29-,37-35-,64-62+. The zero-order valence-corrected chi connectivity index (χ0v) is 48.9. The molecule has 3 N–H and O–H groups in total. The third-order valence-corrected chi connectivity index (χ3v) is 14.6. The van der Waals surface area contributed by atoms with Gasteiger partial charge in [0, 0.05) is 6.42 Å². The first-order chi connectivity index (χ1) is 36.2. The maximum Gasteiger partial charge on any atom is 0.220 e. The van der Waals surface area contributed by atoms with Gasteiger partial charge in [0.15, 0.2) is 0 Å². The second kappa shape index (κ2) is 63.9. The zero-order valence-electron chi connectivity index (χ0n) is 48.9. The van der Waals surface area contributed by atoms with Crippen molar-refractivity contribution < 1.29 is 15.0 Å². The van der Waals surface area contributed by atoms with E-state index >= 15 is 0 Å². The van der Waals surface area contributed by atoms with E-state index in [4.69, 9.17) is 0 Å². The first kappa shape index (κ1) is 70.6. The molecular formula is C69H125NO3. The van der Waals surface area contributed by atoms with Gasteiger partial charge in [-0.15, -0.1) is 0 Å². The number of amides is 1. The Hall–Kier alpha value is -2.43. The van der Waals surface area contributed by atoms with Crippen molar-refractivity contribution in [2.24, 2.45) is 0 Å². The minimum absolute atomic E-state index is 0.0652. The molecule has 2 unspecified atom stereocenters. The Bertz CT molecular complexity index is 1290. The lowest BCUT2D eigenvalue weighted by atomic mass is 10.0. The van der Waals surface area contributed by atoms with Gasteiger partial charge >= 0.3 is 0 Å². The summed E-state index contributed by atoms with van der Waals surface area (Å²) in [7, 11) is 0. The van der Waals surface area contributed by atoms with Crippen molar-refractivity contribution in [1.29, 1.82) is 0 Å². The number of unbranched alkanes of at least 4 members (excludes halogenated alkanes) is 40. The summed E-state index contributed by atoms with van der Waals surface area (Å²) >= 11 is 0. The molecule has 0 bridgehead atoms. The Morgan fingerprint density at radius 1 is 0.342 bits per heavy atom. The van der Waals surface area contributed by atoms with Gasteiger partial charge in [0.25, 0.3) is 0 Å². The molecule has 0 heterocycles. The fraction of sp³-hybridized carbons (Fsp3) is 0.783. The minimum atomic E-state index is -0.846. The minimum Gasteiger partial charge on any atom is -0.394 e. The van der Waals surface area contributed by atoms with Gasteiger partial charge in [-0.2, -0.15) is 0 Å². The number of nitrogens with one attached hydrogen (secondary N) is 1. The van der Waals surface area contributed by atoms with Gasteiger partial charge in [-0.25, -0.2) is 0 Å². The molecule has 0 saturated carbocycles. The molecule has 0 saturated heterocycles. The van der Waals surface area contributed by atoms with Crippen LogP contribution < -0.4 is 5.32 Å². The lowest BCUT2D eigenvalue weighted by molar-refractivity contribution is -0.123. The molecule has 4 heteroatoms. The van der Waals surface area contributed by atoms with Crippen LogP contribution in [0.5, 0.6) is 0 Å². The molecule has 0 spiro atoms. The molecule has 0 rings (SSSR count). The van der Waals surface area contributed by atoms with Crippen LogP contribution in [-0.2, 0) is 4.79 Å². The van der Waals surface area contributed by atoms with Crippen LogP contribution >= 0.6 is 0 Å². The summed E-state index contributed by atoms with van der Waals surface area (Å²) < 4.78 is 0. The summed E-state index contributed by atoms with van der Waals surface area (Å²) in [6.45, 7) is 4.22. The van der Waals surface area contributed by atoms with Crippen LogP contribution in [-0.4, -0.2) is 34.9 Å². The highest BCUT2D eigenvalue weighted by Gasteiger charge is 2.18. The maximum absolute atomic E-state index is 12.5. The third-order valence-electron chi connectivity index (χ3n) is 14.6. The monoisotopic (exact) mass is 1020 g/mol. The summed E-state index contributed by atoms with van der Waals surface area (Å²) in [5.74, 6) is -0.0652. The fourth-order valence-electron chi connectivity index (χ4n) is 9.77. The normalized spacial score (nSPS) is 13.3. The number of hydrogen-bond acceptors (Lipinski definition) is 3. The van der Waals surface area contributed by atoms with Crippen molar-refractivity contribution in [3.05, 3.63) is 85.1 Å². The van der Waals surface area contributed by atoms with Crippen molar-refractivity contribution in [2.45, 2.75) is 341 Å². The zero-order chi connectivity index (χ0) is 52.7. The summed E-state index contributed by atoms with van der Waals surface area (Å²) in [6, 6.07) is -0.630. The van der Waals surface area contributed by atoms with E-state index in [0.717, 1.165) is 64.2 Å². The molecule has 0 aliphatic carbocycles. The number of rotatable bonds is 59. The number of carbonyl (C=O) groups excluding carboxylic acids is 1. The SMILES string of the molecule is CC/C=C\C/C=C\C/C=C\C/C=C\C/C=C\C/C=C\CCCCCCCCCCCCCCC(=O)NC(CO)C(O)/C=C/CCCCCCCCCCCCCCCCCCCCCCCCCCCCCC. The van der Waals surface area contributed by atoms with Crippen LogP contribution in [0.4, 0.5) is 0 Å². The number of carbonyl (C=O) groups is 1. The number of aliphatic hydroxyl groups excluding tert-OH is 2. The van der Waals surface area contributed by atoms with E-state index < -0.39 is 12.1 Å². The van der Waals surface area contributed by atoms with Gasteiger partial charge < -0.3 is 15.5 Å². The summed E-state index contributed by atoms with van der Waals surface area (Å²) in [4.78, 5) is 12.5. The molecule has 73 heavy (non-hydrogen) atoms. The first-order valence-corrected chi connectivity index (χ1v) is 32.3. The number of hydrogen-bond donors (Lipinski definition) is 3. The lowest BCUT2D eigenvalue weighted by Gasteiger charge is -2.20. The highest BCUT2D eigenvalue weighted by Crippen LogP contribution is 2.18. The van der Waals surface area contributed by atoms with Crippen LogP contribution in [0.15, 0.2) is 85.1 Å². The van der Waals surface area contributed by atoms with Crippen molar-refractivity contribution in [2.75, 3.05) is 6.61 Å². The third kappa shape index (κ3) is 60.3. The van der Waals surface area contributed by atoms with E-state index in [2.05, 4.69) is 92.1 Å². The highest BCUT2D eigenvalue weighted by atomic mass is 16.3. The van der Waals surface area contributed by atoms with Gasteiger partial charge in [0.2, 0.25) is 5.91 Å². The Morgan fingerprint density at radius 2 is 0.603 bits per heavy atom. The predicted molar refractivity (Wildman–Crippen MR) is 327 cm³/mol. The van der Waals surface area contributed by atoms with Gasteiger partial charge in [0.1, 0.15) is 0 Å². The molecule has 0 aliphatic rings. The number of allylic oxidation sites excluding steroid dienone is 13. The first-order valence-electron chi connectivity index (χ1n) is 32.3. The Balaban J connectivity index is 3.50. The smallest absolute Gasteiger partial charge is 0.220 e. The molecule has 0 aromatic rings. The van der Waals surface area contributed by atoms with Crippen LogP contribution in [0, 0.1) is 0 Å². The second-order valence-electron chi connectivity index (χ2n) is 21.8. The fourth-order valence-corrected chi connectivity index (χ4v) is 9.77. The predicted octanol–water partition coefficient (Wildman–Crippen LogP) is 21.9. The molecule has 2 atom stereocenters. The molecular weight excluding hydrogens is 891 g/mol. The van der Waals surface area contributed by atoms with E-state index in [0.29, 0.717) is 6.42 Å². The highest BCUT2D eigenvalue weighted by molar-refractivity contribution is 5.76. The summed E-state index contributed by atoms with van der Waals surface area (Å²) in [5, 5.41) is 23.3.